The molecule has 0 aliphatic rings. The number of methoxy groups -OCH3 is 1. The van der Waals surface area contributed by atoms with Gasteiger partial charge in [0.15, 0.2) is 0 Å². The van der Waals surface area contributed by atoms with E-state index in [1.807, 2.05) is 0 Å². The van der Waals surface area contributed by atoms with E-state index in [2.05, 4.69) is 15.5 Å². The van der Waals surface area contributed by atoms with E-state index in [4.69, 9.17) is 20.8 Å². The number of thioether (sulfide) groups is 1. The van der Waals surface area contributed by atoms with Crippen LogP contribution in [0.5, 0.6) is 5.75 Å². The quantitative estimate of drug-likeness (QED) is 0.531. The predicted molar refractivity (Wildman–Crippen MR) is 102 cm³/mol. The van der Waals surface area contributed by atoms with Gasteiger partial charge in [-0.05, 0) is 30.3 Å². The van der Waals surface area contributed by atoms with Crippen LogP contribution in [0.4, 0.5) is 18.9 Å². The number of carbonyl (C=O) groups is 1. The molecule has 2 aromatic carbocycles. The Labute approximate surface area is 172 Å². The Bertz CT molecular complexity index is 1030. The SMILES string of the molecule is COc1ccccc1-c1nnc(SCC(=O)Nc2ccc(Cl)c(C(F)(F)F)c2)o1. The maximum atomic E-state index is 12.9. The molecule has 0 radical (unpaired) electrons. The molecular formula is C18H13ClF3N3O3S. The van der Waals surface area contributed by atoms with E-state index in [0.717, 1.165) is 23.9 Å². The molecular weight excluding hydrogens is 431 g/mol. The number of benzene rings is 2. The number of ether oxygens (including phenoxy) is 1. The van der Waals surface area contributed by atoms with E-state index >= 15 is 0 Å². The molecule has 0 atom stereocenters. The summed E-state index contributed by atoms with van der Waals surface area (Å²) in [6.45, 7) is 0. The number of hydrogen-bond donors (Lipinski definition) is 1. The summed E-state index contributed by atoms with van der Waals surface area (Å²) in [6.07, 6.45) is -4.62. The molecule has 3 aromatic rings. The lowest BCUT2D eigenvalue weighted by molar-refractivity contribution is -0.137. The van der Waals surface area contributed by atoms with Gasteiger partial charge in [-0.2, -0.15) is 13.2 Å². The lowest BCUT2D eigenvalue weighted by Crippen LogP contribution is -2.15. The number of rotatable bonds is 6. The van der Waals surface area contributed by atoms with Crippen LogP contribution in [0.2, 0.25) is 5.02 Å². The van der Waals surface area contributed by atoms with E-state index in [9.17, 15) is 18.0 Å². The Hall–Kier alpha value is -2.72. The number of amides is 1. The first-order valence-electron chi connectivity index (χ1n) is 8.04. The average Bonchev–Trinajstić information content (AvgIpc) is 3.16. The number of nitrogens with zero attached hydrogens (tertiary/aromatic N) is 2. The van der Waals surface area contributed by atoms with Gasteiger partial charge in [-0.1, -0.05) is 35.5 Å². The molecule has 0 unspecified atom stereocenters. The number of halogens is 4. The second-order valence-electron chi connectivity index (χ2n) is 5.60. The molecule has 11 heteroatoms. The number of nitrogens with one attached hydrogen (secondary N) is 1. The largest absolute Gasteiger partial charge is 0.496 e. The van der Waals surface area contributed by atoms with Crippen molar-refractivity contribution in [3.05, 3.63) is 53.1 Å². The van der Waals surface area contributed by atoms with Crippen LogP contribution in [0, 0.1) is 0 Å². The number of para-hydroxylation sites is 1. The topological polar surface area (TPSA) is 77.2 Å². The summed E-state index contributed by atoms with van der Waals surface area (Å²) in [4.78, 5) is 12.1. The molecule has 1 aromatic heterocycles. The zero-order valence-electron chi connectivity index (χ0n) is 14.8. The van der Waals surface area contributed by atoms with E-state index < -0.39 is 22.7 Å². The molecule has 0 fully saturated rings. The van der Waals surface area contributed by atoms with Crippen LogP contribution in [-0.4, -0.2) is 29.0 Å². The Morgan fingerprint density at radius 3 is 2.72 bits per heavy atom. The zero-order chi connectivity index (χ0) is 21.0. The molecule has 1 N–H and O–H groups in total. The summed E-state index contributed by atoms with van der Waals surface area (Å²) in [7, 11) is 1.51. The van der Waals surface area contributed by atoms with E-state index in [1.54, 1.807) is 24.3 Å². The molecule has 0 bridgehead atoms. The molecule has 0 saturated carbocycles. The molecule has 1 amide bonds. The Balaban J connectivity index is 1.63. The van der Waals surface area contributed by atoms with Crippen LogP contribution in [0.15, 0.2) is 52.1 Å². The third-order valence-electron chi connectivity index (χ3n) is 3.63. The van der Waals surface area contributed by atoms with Gasteiger partial charge < -0.3 is 14.5 Å². The van der Waals surface area contributed by atoms with E-state index in [1.165, 1.54) is 13.2 Å². The van der Waals surface area contributed by atoms with Crippen molar-refractivity contribution in [2.24, 2.45) is 0 Å². The summed E-state index contributed by atoms with van der Waals surface area (Å²) in [5.74, 6) is 0.0892. The standard InChI is InChI=1S/C18H13ClF3N3O3S/c1-27-14-5-3-2-4-11(14)16-24-25-17(28-16)29-9-15(26)23-10-6-7-13(19)12(8-10)18(20,21)22/h2-8H,9H2,1H3,(H,23,26). The number of hydrogen-bond acceptors (Lipinski definition) is 6. The molecule has 0 saturated heterocycles. The van der Waals surface area contributed by atoms with Crippen LogP contribution in [0.25, 0.3) is 11.5 Å². The fraction of sp³-hybridized carbons (Fsp3) is 0.167. The monoisotopic (exact) mass is 443 g/mol. The Morgan fingerprint density at radius 1 is 1.24 bits per heavy atom. The van der Waals surface area contributed by atoms with Crippen LogP contribution >= 0.6 is 23.4 Å². The maximum Gasteiger partial charge on any atom is 0.417 e. The summed E-state index contributed by atoms with van der Waals surface area (Å²) in [5, 5.41) is 9.83. The van der Waals surface area contributed by atoms with E-state index in [-0.39, 0.29) is 22.6 Å². The summed E-state index contributed by atoms with van der Waals surface area (Å²) in [5.41, 5.74) is -0.449. The molecule has 0 aliphatic carbocycles. The molecule has 152 valence electrons. The first-order chi connectivity index (χ1) is 13.8. The normalized spacial score (nSPS) is 11.3. The summed E-state index contributed by atoms with van der Waals surface area (Å²) < 4.78 is 49.4. The minimum absolute atomic E-state index is 0.0208. The van der Waals surface area contributed by atoms with Gasteiger partial charge in [0, 0.05) is 5.69 Å². The van der Waals surface area contributed by atoms with E-state index in [0.29, 0.717) is 11.3 Å². The van der Waals surface area contributed by atoms with Crippen molar-refractivity contribution in [2.45, 2.75) is 11.4 Å². The van der Waals surface area contributed by atoms with Crippen molar-refractivity contribution in [3.63, 3.8) is 0 Å². The third-order valence-corrected chi connectivity index (χ3v) is 4.77. The van der Waals surface area contributed by atoms with Gasteiger partial charge in [-0.15, -0.1) is 10.2 Å². The fourth-order valence-corrected chi connectivity index (χ4v) is 3.13. The Morgan fingerprint density at radius 2 is 2.00 bits per heavy atom. The number of carbonyl (C=O) groups excluding carboxylic acids is 1. The zero-order valence-corrected chi connectivity index (χ0v) is 16.4. The van der Waals surface area contributed by atoms with Crippen LogP contribution in [-0.2, 0) is 11.0 Å². The van der Waals surface area contributed by atoms with Crippen LogP contribution in [0.3, 0.4) is 0 Å². The summed E-state index contributed by atoms with van der Waals surface area (Å²) in [6, 6.07) is 10.2. The minimum atomic E-state index is -4.62. The van der Waals surface area contributed by atoms with Crippen molar-refractivity contribution in [3.8, 4) is 17.2 Å². The van der Waals surface area contributed by atoms with Gasteiger partial charge >= 0.3 is 6.18 Å². The van der Waals surface area contributed by atoms with Crippen molar-refractivity contribution >= 4 is 35.0 Å². The van der Waals surface area contributed by atoms with Crippen molar-refractivity contribution < 1.29 is 27.1 Å². The third kappa shape index (κ3) is 5.21. The molecule has 1 heterocycles. The molecule has 6 nitrogen and oxygen atoms in total. The first-order valence-corrected chi connectivity index (χ1v) is 9.40. The van der Waals surface area contributed by atoms with Gasteiger partial charge in [0.05, 0.1) is 29.0 Å². The second-order valence-corrected chi connectivity index (χ2v) is 6.94. The first kappa shape index (κ1) is 21.0. The molecule has 0 aliphatic heterocycles. The highest BCUT2D eigenvalue weighted by Gasteiger charge is 2.33. The van der Waals surface area contributed by atoms with Crippen LogP contribution < -0.4 is 10.1 Å². The smallest absolute Gasteiger partial charge is 0.417 e. The maximum absolute atomic E-state index is 12.9. The van der Waals surface area contributed by atoms with Crippen molar-refractivity contribution in [1.29, 1.82) is 0 Å². The number of alkyl halides is 3. The molecule has 0 spiro atoms. The lowest BCUT2D eigenvalue weighted by atomic mass is 10.2. The highest BCUT2D eigenvalue weighted by atomic mass is 35.5. The average molecular weight is 444 g/mol. The van der Waals surface area contributed by atoms with Crippen LogP contribution in [0.1, 0.15) is 5.56 Å². The van der Waals surface area contributed by atoms with Gasteiger partial charge in [0.2, 0.25) is 5.91 Å². The van der Waals surface area contributed by atoms with Gasteiger partial charge in [0.25, 0.3) is 11.1 Å². The second kappa shape index (κ2) is 8.75. The van der Waals surface area contributed by atoms with Crippen molar-refractivity contribution in [2.75, 3.05) is 18.2 Å². The van der Waals surface area contributed by atoms with Gasteiger partial charge in [-0.25, -0.2) is 0 Å². The Kier molecular flexibility index (Phi) is 6.33. The van der Waals surface area contributed by atoms with Crippen molar-refractivity contribution in [1.82, 2.24) is 10.2 Å². The number of anilines is 1. The molecule has 3 rings (SSSR count). The summed E-state index contributed by atoms with van der Waals surface area (Å²) >= 11 is 6.51. The molecule has 29 heavy (non-hydrogen) atoms. The minimum Gasteiger partial charge on any atom is -0.496 e. The van der Waals surface area contributed by atoms with Gasteiger partial charge in [-0.3, -0.25) is 4.79 Å². The fourth-order valence-electron chi connectivity index (χ4n) is 2.34. The highest BCUT2D eigenvalue weighted by molar-refractivity contribution is 7.99. The predicted octanol–water partition coefficient (Wildman–Crippen LogP) is 5.15. The van der Waals surface area contributed by atoms with Gasteiger partial charge in [0.1, 0.15) is 5.75 Å². The highest BCUT2D eigenvalue weighted by Crippen LogP contribution is 2.36. The number of aromatic nitrogens is 2. The lowest BCUT2D eigenvalue weighted by Gasteiger charge is -2.11.